The van der Waals surface area contributed by atoms with Crippen molar-refractivity contribution in [1.82, 2.24) is 0 Å². The minimum atomic E-state index is -4.72. The van der Waals surface area contributed by atoms with Crippen LogP contribution in [0.1, 0.15) is 18.4 Å². The molecule has 0 aliphatic carbocycles. The van der Waals surface area contributed by atoms with Crippen molar-refractivity contribution in [3.63, 3.8) is 0 Å². The average molecular weight is 453 g/mol. The van der Waals surface area contributed by atoms with Crippen LogP contribution in [-0.4, -0.2) is 20.9 Å². The molecule has 1 aliphatic heterocycles. The first-order valence-corrected chi connectivity index (χ1v) is 10.2. The van der Waals surface area contributed by atoms with Crippen LogP contribution in [0.3, 0.4) is 0 Å². The Bertz CT molecular complexity index is 1040. The Morgan fingerprint density at radius 2 is 1.75 bits per heavy atom. The minimum absolute atomic E-state index is 0.0221. The van der Waals surface area contributed by atoms with E-state index in [2.05, 4.69) is 4.72 Å². The van der Waals surface area contributed by atoms with E-state index in [4.69, 9.17) is 23.2 Å². The van der Waals surface area contributed by atoms with Crippen molar-refractivity contribution in [2.45, 2.75) is 23.9 Å². The molecule has 1 saturated heterocycles. The summed E-state index contributed by atoms with van der Waals surface area (Å²) in [6, 6.07) is 6.14. The van der Waals surface area contributed by atoms with Crippen molar-refractivity contribution in [2.75, 3.05) is 16.2 Å². The zero-order valence-corrected chi connectivity index (χ0v) is 16.4. The minimum Gasteiger partial charge on any atom is -0.311 e. The van der Waals surface area contributed by atoms with Crippen LogP contribution in [0, 0.1) is 0 Å². The fourth-order valence-electron chi connectivity index (χ4n) is 2.79. The molecule has 1 amide bonds. The summed E-state index contributed by atoms with van der Waals surface area (Å²) in [5.74, 6) is -0.0917. The lowest BCUT2D eigenvalue weighted by atomic mass is 10.2. The third-order valence-corrected chi connectivity index (χ3v) is 6.28. The van der Waals surface area contributed by atoms with Gasteiger partial charge in [0, 0.05) is 13.0 Å². The molecule has 2 aromatic rings. The molecule has 0 atom stereocenters. The zero-order chi connectivity index (χ0) is 20.7. The number of amides is 1. The summed E-state index contributed by atoms with van der Waals surface area (Å²) in [6.07, 6.45) is -3.63. The third-order valence-electron chi connectivity index (χ3n) is 4.11. The molecule has 1 N–H and O–H groups in total. The Kier molecular flexibility index (Phi) is 5.53. The Balaban J connectivity index is 1.91. The first-order chi connectivity index (χ1) is 13.0. The molecule has 150 valence electrons. The highest BCUT2D eigenvalue weighted by Crippen LogP contribution is 2.35. The molecular formula is C17H13Cl2F3N2O3S. The van der Waals surface area contributed by atoms with E-state index in [9.17, 15) is 26.4 Å². The highest BCUT2D eigenvalue weighted by atomic mass is 35.5. The third kappa shape index (κ3) is 4.21. The molecule has 5 nitrogen and oxygen atoms in total. The quantitative estimate of drug-likeness (QED) is 0.714. The first-order valence-electron chi connectivity index (χ1n) is 7.98. The van der Waals surface area contributed by atoms with Crippen LogP contribution < -0.4 is 9.62 Å². The van der Waals surface area contributed by atoms with Crippen molar-refractivity contribution in [1.29, 1.82) is 0 Å². The second-order valence-electron chi connectivity index (χ2n) is 6.06. The number of nitrogens with one attached hydrogen (secondary N) is 1. The molecule has 0 saturated carbocycles. The van der Waals surface area contributed by atoms with Gasteiger partial charge in [-0.3, -0.25) is 9.52 Å². The van der Waals surface area contributed by atoms with Gasteiger partial charge in [0.05, 0.1) is 27.0 Å². The number of hydrogen-bond donors (Lipinski definition) is 1. The van der Waals surface area contributed by atoms with Gasteiger partial charge < -0.3 is 4.90 Å². The molecule has 3 rings (SSSR count). The molecule has 0 radical (unpaired) electrons. The smallest absolute Gasteiger partial charge is 0.311 e. The molecule has 28 heavy (non-hydrogen) atoms. The van der Waals surface area contributed by atoms with Crippen molar-refractivity contribution in [3.8, 4) is 0 Å². The van der Waals surface area contributed by atoms with Crippen molar-refractivity contribution < 1.29 is 26.4 Å². The second kappa shape index (κ2) is 7.46. The number of halogens is 5. The molecule has 1 heterocycles. The lowest BCUT2D eigenvalue weighted by molar-refractivity contribution is -0.137. The molecule has 0 spiro atoms. The lowest BCUT2D eigenvalue weighted by Crippen LogP contribution is -2.24. The summed E-state index contributed by atoms with van der Waals surface area (Å²) in [4.78, 5) is 12.6. The van der Waals surface area contributed by atoms with Crippen molar-refractivity contribution in [2.24, 2.45) is 0 Å². The molecule has 0 unspecified atom stereocenters. The van der Waals surface area contributed by atoms with E-state index >= 15 is 0 Å². The van der Waals surface area contributed by atoms with Crippen LogP contribution in [0.5, 0.6) is 0 Å². The summed E-state index contributed by atoms with van der Waals surface area (Å²) < 4.78 is 65.9. The molecule has 1 aliphatic rings. The number of carbonyl (C=O) groups excluding carboxylic acids is 1. The largest absolute Gasteiger partial charge is 0.416 e. The number of hydrogen-bond acceptors (Lipinski definition) is 3. The van der Waals surface area contributed by atoms with Gasteiger partial charge >= 0.3 is 6.18 Å². The predicted molar refractivity (Wildman–Crippen MR) is 100 cm³/mol. The molecule has 0 bridgehead atoms. The van der Waals surface area contributed by atoms with Gasteiger partial charge in [0.25, 0.3) is 10.0 Å². The second-order valence-corrected chi connectivity index (χ2v) is 8.53. The Morgan fingerprint density at radius 1 is 1.04 bits per heavy atom. The van der Waals surface area contributed by atoms with E-state index in [1.807, 2.05) is 0 Å². The van der Waals surface area contributed by atoms with Gasteiger partial charge in [-0.25, -0.2) is 8.42 Å². The van der Waals surface area contributed by atoms with E-state index in [1.165, 1.54) is 23.1 Å². The highest BCUT2D eigenvalue weighted by Gasteiger charge is 2.33. The van der Waals surface area contributed by atoms with Crippen LogP contribution >= 0.6 is 23.2 Å². The van der Waals surface area contributed by atoms with Gasteiger partial charge in [-0.15, -0.1) is 0 Å². The Morgan fingerprint density at radius 3 is 2.32 bits per heavy atom. The fraction of sp³-hybridized carbons (Fsp3) is 0.235. The Hall–Kier alpha value is -1.97. The SMILES string of the molecule is O=C1CCCN1c1ccc(NS(=O)(=O)c2cc(C(F)(F)F)ccc2Cl)cc1Cl. The van der Waals surface area contributed by atoms with Crippen LogP contribution in [0.15, 0.2) is 41.3 Å². The Labute approximate surface area is 169 Å². The number of carbonyl (C=O) groups is 1. The lowest BCUT2D eigenvalue weighted by Gasteiger charge is -2.18. The number of anilines is 2. The maximum atomic E-state index is 12.9. The topological polar surface area (TPSA) is 66.5 Å². The van der Waals surface area contributed by atoms with Crippen LogP contribution in [0.4, 0.5) is 24.5 Å². The maximum Gasteiger partial charge on any atom is 0.416 e. The van der Waals surface area contributed by atoms with Gasteiger partial charge in [-0.05, 0) is 42.8 Å². The molecule has 11 heteroatoms. The number of rotatable bonds is 4. The number of alkyl halides is 3. The van der Waals surface area contributed by atoms with Gasteiger partial charge in [0.15, 0.2) is 0 Å². The molecule has 0 aromatic heterocycles. The van der Waals surface area contributed by atoms with E-state index in [-0.39, 0.29) is 21.6 Å². The highest BCUT2D eigenvalue weighted by molar-refractivity contribution is 7.92. The van der Waals surface area contributed by atoms with Gasteiger partial charge in [-0.2, -0.15) is 13.2 Å². The average Bonchev–Trinajstić information content (AvgIpc) is 2.99. The molecular weight excluding hydrogens is 440 g/mol. The normalized spacial score (nSPS) is 15.2. The fourth-order valence-corrected chi connectivity index (χ4v) is 4.65. The first kappa shape index (κ1) is 20.8. The predicted octanol–water partition coefficient (Wildman–Crippen LogP) is 4.94. The molecule has 2 aromatic carbocycles. The summed E-state index contributed by atoms with van der Waals surface area (Å²) in [6.45, 7) is 0.503. The summed E-state index contributed by atoms with van der Waals surface area (Å²) in [7, 11) is -4.41. The van der Waals surface area contributed by atoms with Gasteiger partial charge in [-0.1, -0.05) is 23.2 Å². The van der Waals surface area contributed by atoms with Gasteiger partial charge in [0.1, 0.15) is 4.90 Å². The number of benzene rings is 2. The summed E-state index contributed by atoms with van der Waals surface area (Å²) >= 11 is 12.0. The van der Waals surface area contributed by atoms with E-state index in [0.717, 1.165) is 6.07 Å². The van der Waals surface area contributed by atoms with E-state index in [0.29, 0.717) is 37.2 Å². The van der Waals surface area contributed by atoms with Crippen LogP contribution in [0.25, 0.3) is 0 Å². The number of nitrogens with zero attached hydrogens (tertiary/aromatic N) is 1. The van der Waals surface area contributed by atoms with E-state index in [1.54, 1.807) is 0 Å². The maximum absolute atomic E-state index is 12.9. The van der Waals surface area contributed by atoms with Crippen molar-refractivity contribution >= 4 is 50.5 Å². The number of sulfonamides is 1. The van der Waals surface area contributed by atoms with Gasteiger partial charge in [0.2, 0.25) is 5.91 Å². The van der Waals surface area contributed by atoms with Crippen LogP contribution in [0.2, 0.25) is 10.0 Å². The monoisotopic (exact) mass is 452 g/mol. The van der Waals surface area contributed by atoms with Crippen LogP contribution in [-0.2, 0) is 21.0 Å². The summed E-state index contributed by atoms with van der Waals surface area (Å²) in [5, 5.41) is -0.225. The summed E-state index contributed by atoms with van der Waals surface area (Å²) in [5.41, 5.74) is -0.684. The molecule has 1 fully saturated rings. The standard InChI is InChI=1S/C17H13Cl2F3N2O3S/c18-12-5-3-10(17(20,21)22)8-15(12)28(26,27)23-11-4-6-14(13(19)9-11)24-7-1-2-16(24)25/h3-6,8-9,23H,1-2,7H2. The zero-order valence-electron chi connectivity index (χ0n) is 14.1. The van der Waals surface area contributed by atoms with Crippen molar-refractivity contribution in [3.05, 3.63) is 52.0 Å². The van der Waals surface area contributed by atoms with E-state index < -0.39 is 26.7 Å².